The molecule has 5 aromatic carbocycles. The van der Waals surface area contributed by atoms with E-state index < -0.39 is 29.6 Å². The number of carbonyl (C=O) groups is 7. The van der Waals surface area contributed by atoms with E-state index in [1.54, 1.807) is 60.7 Å². The molecule has 6 amide bonds. The average Bonchev–Trinajstić information content (AvgIpc) is 1.40. The van der Waals surface area contributed by atoms with E-state index in [0.717, 1.165) is 110 Å². The zero-order chi connectivity index (χ0) is 57.8. The monoisotopic (exact) mass is 1110 g/mol. The maximum Gasteiger partial charge on any atom is 0.345 e. The molecule has 0 bridgehead atoms. The lowest BCUT2D eigenvalue weighted by Crippen LogP contribution is -2.43. The minimum Gasteiger partial charge on any atom is -0.477 e. The Balaban J connectivity index is 0.928. The molecule has 0 radical (unpaired) electrons. The number of carbonyl (C=O) groups excluding carboxylic acids is 6. The molecule has 10 rings (SSSR count). The summed E-state index contributed by atoms with van der Waals surface area (Å²) in [5, 5.41) is 10.3. The van der Waals surface area contributed by atoms with Crippen LogP contribution in [0.2, 0.25) is 0 Å². The molecular weight excluding hydrogens is 1040 g/mol. The number of rotatable bonds is 24. The van der Waals surface area contributed by atoms with Crippen LogP contribution in [0.25, 0.3) is 32.6 Å². The average molecular weight is 1120 g/mol. The van der Waals surface area contributed by atoms with Crippen LogP contribution in [-0.4, -0.2) is 80.9 Å². The summed E-state index contributed by atoms with van der Waals surface area (Å²) in [5.41, 5.74) is 7.15. The first-order chi connectivity index (χ1) is 39.8. The molecule has 5 heterocycles. The molecule has 12 nitrogen and oxygen atoms in total. The molecule has 4 aliphatic heterocycles. The van der Waals surface area contributed by atoms with Crippen LogP contribution in [0, 0.1) is 23.7 Å². The Bertz CT molecular complexity index is 3580. The van der Waals surface area contributed by atoms with E-state index >= 15 is 9.59 Å². The van der Waals surface area contributed by atoms with Gasteiger partial charge in [0.15, 0.2) is 0 Å². The highest BCUT2D eigenvalue weighted by Crippen LogP contribution is 2.48. The zero-order valence-corrected chi connectivity index (χ0v) is 48.4. The Morgan fingerprint density at radius 3 is 1.34 bits per heavy atom. The van der Waals surface area contributed by atoms with Crippen molar-refractivity contribution in [3.8, 4) is 22.3 Å². The van der Waals surface area contributed by atoms with Crippen LogP contribution in [0.3, 0.4) is 0 Å². The summed E-state index contributed by atoms with van der Waals surface area (Å²) >= 11 is 1.20. The first-order valence-electron chi connectivity index (χ1n) is 29.5. The maximum absolute atomic E-state index is 15.3. The smallest absolute Gasteiger partial charge is 0.345 e. The second-order valence-electron chi connectivity index (χ2n) is 22.1. The van der Waals surface area contributed by atoms with Crippen LogP contribution in [0.4, 0.5) is 5.69 Å². The van der Waals surface area contributed by atoms with Gasteiger partial charge in [-0.15, -0.1) is 11.3 Å². The van der Waals surface area contributed by atoms with E-state index in [2.05, 4.69) is 46.5 Å². The van der Waals surface area contributed by atoms with Gasteiger partial charge in [0.25, 0.3) is 35.4 Å². The fourth-order valence-electron chi connectivity index (χ4n) is 12.1. The largest absolute Gasteiger partial charge is 0.477 e. The van der Waals surface area contributed by atoms with Crippen LogP contribution >= 0.6 is 11.3 Å². The highest BCUT2D eigenvalue weighted by Gasteiger charge is 2.49. The number of carboxylic acid groups (broad SMARTS) is 1. The second kappa shape index (κ2) is 24.9. The summed E-state index contributed by atoms with van der Waals surface area (Å²) in [5.74, 6) is 3.62. The van der Waals surface area contributed by atoms with Gasteiger partial charge >= 0.3 is 5.97 Å². The summed E-state index contributed by atoms with van der Waals surface area (Å²) in [7, 11) is 0. The lowest BCUT2D eigenvalue weighted by atomic mass is 9.85. The number of nitrogens with zero attached hydrogens (tertiary/aromatic N) is 4. The van der Waals surface area contributed by atoms with Gasteiger partial charge in [0.2, 0.25) is 0 Å². The van der Waals surface area contributed by atoms with E-state index in [4.69, 9.17) is 0 Å². The van der Waals surface area contributed by atoms with Gasteiger partial charge in [-0.2, -0.15) is 0 Å². The molecule has 2 atom stereocenters. The number of fused-ring (bicyclic) bond motifs is 1. The zero-order valence-electron chi connectivity index (χ0n) is 47.6. The van der Waals surface area contributed by atoms with Crippen LogP contribution in [0.5, 0.6) is 0 Å². The third-order valence-electron chi connectivity index (χ3n) is 16.8. The number of amides is 6. The summed E-state index contributed by atoms with van der Waals surface area (Å²) in [4.78, 5) is 105. The molecule has 1 aromatic heterocycles. The van der Waals surface area contributed by atoms with Crippen molar-refractivity contribution in [3.05, 3.63) is 170 Å². The van der Waals surface area contributed by atoms with Gasteiger partial charge in [-0.05, 0) is 121 Å². The molecule has 0 saturated carbocycles. The molecule has 0 saturated heterocycles. The fourth-order valence-corrected chi connectivity index (χ4v) is 12.9. The third kappa shape index (κ3) is 10.9. The van der Waals surface area contributed by atoms with Crippen LogP contribution in [0.15, 0.2) is 120 Å². The third-order valence-corrected chi connectivity index (χ3v) is 17.9. The van der Waals surface area contributed by atoms with E-state index in [9.17, 15) is 29.1 Å². The van der Waals surface area contributed by atoms with E-state index in [1.165, 1.54) is 16.2 Å². The van der Waals surface area contributed by atoms with Crippen LogP contribution in [0.1, 0.15) is 198 Å². The van der Waals surface area contributed by atoms with Crippen molar-refractivity contribution < 1.29 is 38.7 Å². The molecule has 0 spiro atoms. The van der Waals surface area contributed by atoms with Crippen molar-refractivity contribution in [1.29, 1.82) is 0 Å². The Morgan fingerprint density at radius 1 is 0.463 bits per heavy atom. The molecular formula is C69H70N4O8S. The number of thiophene rings is 1. The van der Waals surface area contributed by atoms with Gasteiger partial charge in [0.1, 0.15) is 4.88 Å². The highest BCUT2D eigenvalue weighted by molar-refractivity contribution is 7.17. The van der Waals surface area contributed by atoms with Crippen molar-refractivity contribution in [2.24, 2.45) is 11.8 Å². The Morgan fingerprint density at radius 2 is 0.890 bits per heavy atom. The Labute approximate surface area is 484 Å². The van der Waals surface area contributed by atoms with E-state index in [1.807, 2.05) is 58.3 Å². The molecule has 82 heavy (non-hydrogen) atoms. The Hall–Kier alpha value is -8.21. The lowest BCUT2D eigenvalue weighted by molar-refractivity contribution is -0.124. The van der Waals surface area contributed by atoms with Crippen molar-refractivity contribution in [2.45, 2.75) is 125 Å². The molecule has 4 aliphatic rings. The first kappa shape index (κ1) is 57.0. The molecule has 13 heteroatoms. The van der Waals surface area contributed by atoms with Crippen LogP contribution < -0.4 is 4.90 Å². The van der Waals surface area contributed by atoms with Crippen molar-refractivity contribution >= 4 is 80.6 Å². The predicted octanol–water partition coefficient (Wildman–Crippen LogP) is 14.7. The number of aromatic carboxylic acids is 1. The van der Waals surface area contributed by atoms with Gasteiger partial charge in [0.05, 0.1) is 28.2 Å². The molecule has 0 aliphatic carbocycles. The number of hydrogen-bond donors (Lipinski definition) is 1. The molecule has 2 unspecified atom stereocenters. The van der Waals surface area contributed by atoms with Crippen LogP contribution in [-0.2, 0) is 9.59 Å². The molecule has 1 N–H and O–H groups in total. The molecule has 420 valence electrons. The van der Waals surface area contributed by atoms with Gasteiger partial charge < -0.3 is 14.9 Å². The standard InChI is InChI=1S/C69H70N4O8S/c1-6-11-14-15-16-17-40-70-63(74)51-34-36-53-58-54(37-35-52(57(51)58)64(70)75)66(77)73(65(53)76)50-32-24-46(25-33-50)21-20-45-22-26-48(27-23-45)61-59-60(68(79)71(61)41-43(9-4)18-12-7-2)62(72(67(59)78)42-44(10-5)19-13-8-3)49-30-28-47(29-31-49)55-38-39-56(82-55)69(80)81/h22-39,43-44H,6-19,40-42H2,1-5H3,(H,80,81). The topological polar surface area (TPSA) is 153 Å². The first-order valence-corrected chi connectivity index (χ1v) is 30.3. The van der Waals surface area contributed by atoms with Gasteiger partial charge in [-0.1, -0.05) is 153 Å². The summed E-state index contributed by atoms with van der Waals surface area (Å²) in [6.07, 6.45) is 13.9. The molecule has 6 aromatic rings. The minimum atomic E-state index is -0.977. The quantitative estimate of drug-likeness (QED) is 0.0357. The van der Waals surface area contributed by atoms with E-state index in [-0.39, 0.29) is 39.7 Å². The number of anilines is 1. The van der Waals surface area contributed by atoms with Crippen molar-refractivity contribution in [2.75, 3.05) is 24.5 Å². The van der Waals surface area contributed by atoms with Crippen molar-refractivity contribution in [3.63, 3.8) is 0 Å². The SMILES string of the molecule is CCCCCCCCN1C(=O)c2ccc3c4c(ccc(c24)C1=O)C(=O)N(c1ccc(C#Cc2ccc(C4=C5C(=O)N(CC(CC)CCCC)C(c6ccc(-c7ccc(C(=O)O)s7)cc6)=C5C(=O)N4CC(CC)CCCC)cc2)cc1)C3=O. The number of imide groups is 2. The number of hydrogen-bond acceptors (Lipinski definition) is 8. The van der Waals surface area contributed by atoms with E-state index in [0.29, 0.717) is 87.3 Å². The van der Waals surface area contributed by atoms with Crippen molar-refractivity contribution in [1.82, 2.24) is 14.7 Å². The summed E-state index contributed by atoms with van der Waals surface area (Å²) < 4.78 is 0. The number of benzene rings is 5. The van der Waals surface area contributed by atoms with Gasteiger partial charge in [0, 0.05) is 68.7 Å². The summed E-state index contributed by atoms with van der Waals surface area (Å²) in [6.45, 7) is 12.0. The lowest BCUT2D eigenvalue weighted by Gasteiger charge is -2.32. The second-order valence-corrected chi connectivity index (χ2v) is 23.2. The predicted molar refractivity (Wildman–Crippen MR) is 323 cm³/mol. The van der Waals surface area contributed by atoms with Gasteiger partial charge in [-0.25, -0.2) is 9.69 Å². The Kier molecular flexibility index (Phi) is 17.3. The number of carboxylic acids is 1. The highest BCUT2D eigenvalue weighted by atomic mass is 32.1. The summed E-state index contributed by atoms with van der Waals surface area (Å²) in [6, 6.07) is 32.0. The fraction of sp³-hybridized carbons (Fsp3) is 0.348. The normalized spacial score (nSPS) is 15.6. The number of unbranched alkanes of at least 4 members (excludes halogenated alkanes) is 7. The van der Waals surface area contributed by atoms with Gasteiger partial charge in [-0.3, -0.25) is 33.7 Å². The minimum absolute atomic E-state index is 0.191. The maximum atomic E-state index is 15.3. The molecule has 0 fully saturated rings.